The quantitative estimate of drug-likeness (QED) is 0.579. The Balaban J connectivity index is 1.71. The molecule has 0 heterocycles. The molecule has 1 saturated carbocycles. The fraction of sp³-hybridized carbons (Fsp3) is 0.562. The average molecular weight is 260 g/mol. The number of rotatable bonds is 6. The van der Waals surface area contributed by atoms with Gasteiger partial charge in [-0.2, -0.15) is 5.10 Å². The summed E-state index contributed by atoms with van der Waals surface area (Å²) in [5, 5.41) is 6.50. The molecule has 0 N–H and O–H groups in total. The number of benzene rings is 1. The maximum Gasteiger partial charge on any atom is 0.0716 e. The van der Waals surface area contributed by atoms with E-state index in [1.807, 2.05) is 25.2 Å². The number of nitrogens with zero attached hydrogens (tertiary/aromatic N) is 2. The van der Waals surface area contributed by atoms with E-state index in [1.54, 1.807) is 0 Å². The Morgan fingerprint density at radius 1 is 1.26 bits per heavy atom. The molecular weight excluding hydrogens is 236 g/mol. The fourth-order valence-electron chi connectivity index (χ4n) is 2.59. The zero-order valence-electron chi connectivity index (χ0n) is 12.0. The van der Waals surface area contributed by atoms with E-state index in [-0.39, 0.29) is 0 Å². The summed E-state index contributed by atoms with van der Waals surface area (Å²) in [4.78, 5) is 0. The van der Waals surface area contributed by atoms with Gasteiger partial charge in [-0.25, -0.2) is 0 Å². The third-order valence-electron chi connectivity index (χ3n) is 3.51. The van der Waals surface area contributed by atoms with Crippen molar-refractivity contribution in [1.82, 2.24) is 5.01 Å². The van der Waals surface area contributed by atoms with Gasteiger partial charge in [0, 0.05) is 32.3 Å². The van der Waals surface area contributed by atoms with E-state index < -0.39 is 0 Å². The largest absolute Gasteiger partial charge is 0.377 e. The van der Waals surface area contributed by atoms with Crippen molar-refractivity contribution in [3.63, 3.8) is 0 Å². The van der Waals surface area contributed by atoms with Crippen LogP contribution in [0.1, 0.15) is 31.2 Å². The lowest BCUT2D eigenvalue weighted by molar-refractivity contribution is 0.113. The minimum Gasteiger partial charge on any atom is -0.377 e. The molecule has 0 radical (unpaired) electrons. The molecule has 2 rings (SSSR count). The molecule has 0 aromatic heterocycles. The van der Waals surface area contributed by atoms with Gasteiger partial charge in [0.15, 0.2) is 0 Å². The first-order valence-electron chi connectivity index (χ1n) is 7.12. The van der Waals surface area contributed by atoms with Crippen molar-refractivity contribution in [3.8, 4) is 0 Å². The van der Waals surface area contributed by atoms with E-state index >= 15 is 0 Å². The van der Waals surface area contributed by atoms with Crippen molar-refractivity contribution in [1.29, 1.82) is 0 Å². The van der Waals surface area contributed by atoms with Crippen LogP contribution in [0, 0.1) is 5.92 Å². The molecule has 0 spiro atoms. The Kier molecular flexibility index (Phi) is 5.40. The third-order valence-corrected chi connectivity index (χ3v) is 3.51. The second kappa shape index (κ2) is 7.29. The van der Waals surface area contributed by atoms with Gasteiger partial charge in [-0.05, 0) is 31.2 Å². The lowest BCUT2D eigenvalue weighted by Gasteiger charge is -2.14. The van der Waals surface area contributed by atoms with E-state index in [1.165, 1.54) is 24.1 Å². The summed E-state index contributed by atoms with van der Waals surface area (Å²) in [6, 6.07) is 10.4. The van der Waals surface area contributed by atoms with Crippen molar-refractivity contribution in [2.75, 3.05) is 20.7 Å². The Bertz CT molecular complexity index is 400. The van der Waals surface area contributed by atoms with Gasteiger partial charge in [-0.3, -0.25) is 0 Å². The van der Waals surface area contributed by atoms with E-state index in [2.05, 4.69) is 29.4 Å². The zero-order valence-corrected chi connectivity index (χ0v) is 12.0. The van der Waals surface area contributed by atoms with Gasteiger partial charge in [-0.15, -0.1) is 0 Å². The van der Waals surface area contributed by atoms with Gasteiger partial charge in [-0.1, -0.05) is 30.3 Å². The lowest BCUT2D eigenvalue weighted by Crippen LogP contribution is -2.15. The van der Waals surface area contributed by atoms with Crippen molar-refractivity contribution >= 4 is 5.71 Å². The number of ether oxygens (including phenoxy) is 1. The topological polar surface area (TPSA) is 24.8 Å². The van der Waals surface area contributed by atoms with Crippen LogP contribution in [0.3, 0.4) is 0 Å². The molecule has 0 bridgehead atoms. The van der Waals surface area contributed by atoms with Crippen molar-refractivity contribution in [2.45, 2.75) is 32.3 Å². The van der Waals surface area contributed by atoms with Crippen LogP contribution in [-0.4, -0.2) is 31.4 Å². The molecule has 0 amide bonds. The Morgan fingerprint density at radius 3 is 2.79 bits per heavy atom. The molecule has 1 fully saturated rings. The summed E-state index contributed by atoms with van der Waals surface area (Å²) in [6.45, 7) is 1.54. The maximum absolute atomic E-state index is 5.77. The maximum atomic E-state index is 5.77. The molecule has 0 aliphatic heterocycles. The molecule has 1 atom stereocenters. The van der Waals surface area contributed by atoms with Crippen molar-refractivity contribution in [3.05, 3.63) is 35.9 Å². The van der Waals surface area contributed by atoms with E-state index in [4.69, 9.17) is 4.74 Å². The van der Waals surface area contributed by atoms with Crippen LogP contribution in [0.5, 0.6) is 0 Å². The monoisotopic (exact) mass is 260 g/mol. The van der Waals surface area contributed by atoms with Crippen LogP contribution in [0.25, 0.3) is 0 Å². The standard InChI is InChI=1S/C16H24N2O/c1-18(2)17-16-10-6-9-15(16)11-12-19-13-14-7-4-3-5-8-14/h3-5,7-8,15H,6,9-13H2,1-2H3. The van der Waals surface area contributed by atoms with Gasteiger partial charge in [0.05, 0.1) is 6.61 Å². The second-order valence-electron chi connectivity index (χ2n) is 5.35. The van der Waals surface area contributed by atoms with Crippen LogP contribution in [0.4, 0.5) is 0 Å². The smallest absolute Gasteiger partial charge is 0.0716 e. The zero-order chi connectivity index (χ0) is 13.5. The Labute approximate surface area is 116 Å². The molecule has 1 unspecified atom stereocenters. The summed E-state index contributed by atoms with van der Waals surface area (Å²) in [5.41, 5.74) is 2.60. The van der Waals surface area contributed by atoms with Gasteiger partial charge in [0.2, 0.25) is 0 Å². The Hall–Kier alpha value is -1.35. The molecule has 19 heavy (non-hydrogen) atoms. The predicted octanol–water partition coefficient (Wildman–Crippen LogP) is 3.31. The van der Waals surface area contributed by atoms with Crippen LogP contribution in [0.2, 0.25) is 0 Å². The highest BCUT2D eigenvalue weighted by molar-refractivity contribution is 5.88. The fourth-order valence-corrected chi connectivity index (χ4v) is 2.59. The molecule has 0 saturated heterocycles. The molecule has 1 aliphatic carbocycles. The molecule has 104 valence electrons. The summed E-state index contributed by atoms with van der Waals surface area (Å²) < 4.78 is 5.77. The van der Waals surface area contributed by atoms with Crippen LogP contribution in [0.15, 0.2) is 35.4 Å². The molecular formula is C16H24N2O. The predicted molar refractivity (Wildman–Crippen MR) is 79.2 cm³/mol. The average Bonchev–Trinajstić information content (AvgIpc) is 2.82. The second-order valence-corrected chi connectivity index (χ2v) is 5.35. The minimum atomic E-state index is 0.623. The van der Waals surface area contributed by atoms with Crippen molar-refractivity contribution < 1.29 is 4.74 Å². The molecule has 1 aromatic carbocycles. The lowest BCUT2D eigenvalue weighted by atomic mass is 10.0. The molecule has 3 nitrogen and oxygen atoms in total. The minimum absolute atomic E-state index is 0.623. The first-order chi connectivity index (χ1) is 9.25. The molecule has 1 aromatic rings. The summed E-state index contributed by atoms with van der Waals surface area (Å²) in [6.07, 6.45) is 4.79. The normalized spacial score (nSPS) is 20.9. The van der Waals surface area contributed by atoms with Gasteiger partial charge < -0.3 is 9.75 Å². The summed E-state index contributed by atoms with van der Waals surface area (Å²) in [5.74, 6) is 0.623. The highest BCUT2D eigenvalue weighted by Gasteiger charge is 2.22. The molecule has 3 heteroatoms. The first kappa shape index (κ1) is 14.1. The van der Waals surface area contributed by atoms with E-state index in [0.29, 0.717) is 12.5 Å². The first-order valence-corrected chi connectivity index (χ1v) is 7.12. The van der Waals surface area contributed by atoms with Crippen molar-refractivity contribution in [2.24, 2.45) is 11.0 Å². The number of hydrogen-bond donors (Lipinski definition) is 0. The highest BCUT2D eigenvalue weighted by Crippen LogP contribution is 2.26. The summed E-state index contributed by atoms with van der Waals surface area (Å²) in [7, 11) is 3.99. The Morgan fingerprint density at radius 2 is 2.05 bits per heavy atom. The van der Waals surface area contributed by atoms with Crippen LogP contribution in [-0.2, 0) is 11.3 Å². The van der Waals surface area contributed by atoms with Crippen LogP contribution >= 0.6 is 0 Å². The van der Waals surface area contributed by atoms with E-state index in [9.17, 15) is 0 Å². The van der Waals surface area contributed by atoms with Gasteiger partial charge in [0.25, 0.3) is 0 Å². The van der Waals surface area contributed by atoms with Gasteiger partial charge >= 0.3 is 0 Å². The number of hydrogen-bond acceptors (Lipinski definition) is 3. The highest BCUT2D eigenvalue weighted by atomic mass is 16.5. The van der Waals surface area contributed by atoms with E-state index in [0.717, 1.165) is 19.4 Å². The van der Waals surface area contributed by atoms with Crippen LogP contribution < -0.4 is 0 Å². The molecule has 1 aliphatic rings. The summed E-state index contributed by atoms with van der Waals surface area (Å²) >= 11 is 0. The van der Waals surface area contributed by atoms with Gasteiger partial charge in [0.1, 0.15) is 0 Å². The number of hydrazone groups is 1. The SMILES string of the molecule is CN(C)N=C1CCCC1CCOCc1ccccc1. The third kappa shape index (κ3) is 4.67.